The Labute approximate surface area is 263 Å². The van der Waals surface area contributed by atoms with Gasteiger partial charge < -0.3 is 9.80 Å². The van der Waals surface area contributed by atoms with Gasteiger partial charge in [-0.2, -0.15) is 4.98 Å². The van der Waals surface area contributed by atoms with Crippen LogP contribution in [-0.4, -0.2) is 55.5 Å². The average Bonchev–Trinajstić information content (AvgIpc) is 3.03. The maximum absolute atomic E-state index is 14.3. The third-order valence-electron chi connectivity index (χ3n) is 7.93. The van der Waals surface area contributed by atoms with E-state index < -0.39 is 17.6 Å². The van der Waals surface area contributed by atoms with Crippen LogP contribution in [0.15, 0.2) is 66.5 Å². The fourth-order valence-electron chi connectivity index (χ4n) is 6.01. The van der Waals surface area contributed by atoms with Crippen LogP contribution < -0.4 is 10.6 Å². The minimum atomic E-state index is -0.547. The summed E-state index contributed by atoms with van der Waals surface area (Å²) in [5.41, 5.74) is 3.58. The highest BCUT2D eigenvalue weighted by atomic mass is 35.5. The molecule has 1 fully saturated rings. The molecule has 1 aliphatic rings. The highest BCUT2D eigenvalue weighted by Crippen LogP contribution is 2.37. The Bertz CT molecular complexity index is 1960. The van der Waals surface area contributed by atoms with Crippen molar-refractivity contribution in [2.45, 2.75) is 59.0 Å². The quantitative estimate of drug-likeness (QED) is 0.227. The van der Waals surface area contributed by atoms with Crippen LogP contribution in [0.1, 0.15) is 62.8 Å². The van der Waals surface area contributed by atoms with E-state index in [9.17, 15) is 9.59 Å². The molecule has 3 aromatic heterocycles. The minimum absolute atomic E-state index is 0.0198. The van der Waals surface area contributed by atoms with Crippen LogP contribution in [0.3, 0.4) is 0 Å². The van der Waals surface area contributed by atoms with Gasteiger partial charge in [0, 0.05) is 36.9 Å². The van der Waals surface area contributed by atoms with Crippen molar-refractivity contribution in [1.82, 2.24) is 24.4 Å². The smallest absolute Gasteiger partial charge is 0.347 e. The number of benzene rings is 1. The van der Waals surface area contributed by atoms with Crippen LogP contribution >= 0.6 is 11.6 Å². The Kier molecular flexibility index (Phi) is 7.11. The van der Waals surface area contributed by atoms with Crippen LogP contribution in [0.4, 0.5) is 5.82 Å². The van der Waals surface area contributed by atoms with E-state index in [-0.39, 0.29) is 37.6 Å². The van der Waals surface area contributed by atoms with Gasteiger partial charge >= 0.3 is 5.69 Å². The van der Waals surface area contributed by atoms with Gasteiger partial charge in [-0.3, -0.25) is 9.78 Å². The monoisotopic (exact) mass is 600 g/mol. The number of carbonyl (C=O) groups is 1. The number of anilines is 1. The SMILES string of the molecule is [2H]C=C([2H])C(=O)N1C[C@H](C)N(c2nc(=O)n(-c3c(CC)ccnc3C(C)C)c3nc(-c4ccccc4C=C([2H])[2H])c(Cl)cc23)[C@@H](C)C1. The number of aromatic nitrogens is 4. The molecule has 4 aromatic rings. The van der Waals surface area contributed by atoms with E-state index >= 15 is 0 Å². The van der Waals surface area contributed by atoms with E-state index in [0.717, 1.165) is 17.8 Å². The fraction of sp³-hybridized carbons (Fsp3) is 0.324. The molecule has 0 spiro atoms. The molecule has 0 aliphatic carbocycles. The predicted octanol–water partition coefficient (Wildman–Crippen LogP) is 6.44. The van der Waals surface area contributed by atoms with E-state index in [4.69, 9.17) is 22.1 Å². The Morgan fingerprint density at radius 2 is 1.95 bits per heavy atom. The summed E-state index contributed by atoms with van der Waals surface area (Å²) in [7, 11) is 0. The number of pyridine rings is 2. The number of nitrogens with zero attached hydrogens (tertiary/aromatic N) is 6. The largest absolute Gasteiger partial charge is 0.355 e. The number of halogens is 1. The van der Waals surface area contributed by atoms with Crippen LogP contribution in [-0.2, 0) is 11.2 Å². The molecular formula is C34H37ClN6O2. The van der Waals surface area contributed by atoms with E-state index in [1.54, 1.807) is 29.3 Å². The number of aryl methyl sites for hydroxylation is 1. The van der Waals surface area contributed by atoms with E-state index in [1.165, 1.54) is 10.6 Å². The molecule has 1 aromatic carbocycles. The van der Waals surface area contributed by atoms with Crippen LogP contribution in [0.2, 0.25) is 5.02 Å². The molecule has 0 unspecified atom stereocenters. The van der Waals surface area contributed by atoms with E-state index in [2.05, 4.69) is 9.97 Å². The summed E-state index contributed by atoms with van der Waals surface area (Å²) in [6.45, 7) is 10.8. The zero-order chi connectivity index (χ0) is 34.2. The van der Waals surface area contributed by atoms with Gasteiger partial charge in [-0.25, -0.2) is 14.3 Å². The van der Waals surface area contributed by atoms with Gasteiger partial charge in [0.1, 0.15) is 5.82 Å². The fourth-order valence-corrected chi connectivity index (χ4v) is 6.26. The first-order valence-corrected chi connectivity index (χ1v) is 14.7. The molecule has 1 amide bonds. The van der Waals surface area contributed by atoms with Crippen LogP contribution in [0, 0.1) is 0 Å². The molecule has 222 valence electrons. The van der Waals surface area contributed by atoms with Gasteiger partial charge in [-0.05, 0) is 55.5 Å². The van der Waals surface area contributed by atoms with Gasteiger partial charge in [0.15, 0.2) is 5.65 Å². The Morgan fingerprint density at radius 1 is 1.21 bits per heavy atom. The summed E-state index contributed by atoms with van der Waals surface area (Å²) < 4.78 is 32.2. The van der Waals surface area contributed by atoms with Crippen molar-refractivity contribution < 1.29 is 10.3 Å². The Hall–Kier alpha value is -4.30. The molecule has 0 radical (unpaired) electrons. The molecule has 1 aliphatic heterocycles. The number of piperazine rings is 1. The molecule has 43 heavy (non-hydrogen) atoms. The summed E-state index contributed by atoms with van der Waals surface area (Å²) >= 11 is 7.00. The summed E-state index contributed by atoms with van der Waals surface area (Å²) in [4.78, 5) is 45.1. The van der Waals surface area contributed by atoms with Crippen molar-refractivity contribution >= 4 is 40.4 Å². The second-order valence-electron chi connectivity index (χ2n) is 11.1. The first kappa shape index (κ1) is 25.2. The van der Waals surface area contributed by atoms with Crippen molar-refractivity contribution in [3.05, 3.63) is 94.1 Å². The normalized spacial score (nSPS) is 18.7. The lowest BCUT2D eigenvalue weighted by Crippen LogP contribution is -2.58. The second kappa shape index (κ2) is 12.1. The lowest BCUT2D eigenvalue weighted by molar-refractivity contribution is -0.127. The first-order chi connectivity index (χ1) is 22.4. The molecule has 8 nitrogen and oxygen atoms in total. The topological polar surface area (TPSA) is 84.2 Å². The summed E-state index contributed by atoms with van der Waals surface area (Å²) in [5.74, 6) is -0.173. The minimum Gasteiger partial charge on any atom is -0.347 e. The Balaban J connectivity index is 1.83. The molecule has 0 bridgehead atoms. The van der Waals surface area contributed by atoms with Crippen LogP contribution in [0.5, 0.6) is 0 Å². The average molecular weight is 601 g/mol. The molecule has 5 rings (SSSR count). The maximum Gasteiger partial charge on any atom is 0.355 e. The van der Waals surface area contributed by atoms with Gasteiger partial charge in [0.2, 0.25) is 5.91 Å². The van der Waals surface area contributed by atoms with Gasteiger partial charge in [0.05, 0.1) is 33.0 Å². The zero-order valence-corrected chi connectivity index (χ0v) is 25.7. The molecular weight excluding hydrogens is 560 g/mol. The predicted molar refractivity (Wildman–Crippen MR) is 175 cm³/mol. The summed E-state index contributed by atoms with van der Waals surface area (Å²) in [5, 5.41) is 0.821. The third-order valence-corrected chi connectivity index (χ3v) is 8.22. The number of rotatable bonds is 7. The second-order valence-corrected chi connectivity index (χ2v) is 11.6. The van der Waals surface area contributed by atoms with Gasteiger partial charge in [-0.1, -0.05) is 75.8 Å². The van der Waals surface area contributed by atoms with Crippen LogP contribution in [0.25, 0.3) is 34.1 Å². The molecule has 1 saturated heterocycles. The molecule has 2 atom stereocenters. The molecule has 0 saturated carbocycles. The number of carbonyl (C=O) groups excluding carboxylic acids is 1. The van der Waals surface area contributed by atoms with Crippen molar-refractivity contribution in [2.75, 3.05) is 18.0 Å². The lowest BCUT2D eigenvalue weighted by atomic mass is 10.0. The lowest BCUT2D eigenvalue weighted by Gasteiger charge is -2.45. The van der Waals surface area contributed by atoms with Crippen molar-refractivity contribution in [3.63, 3.8) is 0 Å². The molecule has 9 heteroatoms. The highest BCUT2D eigenvalue weighted by Gasteiger charge is 2.34. The van der Waals surface area contributed by atoms with Gasteiger partial charge in [-0.15, -0.1) is 0 Å². The highest BCUT2D eigenvalue weighted by molar-refractivity contribution is 6.34. The molecule has 4 heterocycles. The van der Waals surface area contributed by atoms with Crippen molar-refractivity contribution in [1.29, 1.82) is 0 Å². The number of hydrogen-bond acceptors (Lipinski definition) is 6. The number of hydrogen-bond donors (Lipinski definition) is 0. The first-order valence-electron chi connectivity index (χ1n) is 16.4. The van der Waals surface area contributed by atoms with E-state index in [0.29, 0.717) is 50.8 Å². The van der Waals surface area contributed by atoms with Gasteiger partial charge in [0.25, 0.3) is 0 Å². The molecule has 0 N–H and O–H groups in total. The standard InChI is InChI=1S/C34H37ClN6O2/c1-8-23-13-11-12-14-25(23)30-27(35)17-26-32(37-30)41(31-24(9-2)15-16-36-29(31)20(4)5)34(43)38-33(26)40-21(6)18-39(19-22(40)7)28(42)10-3/h8,10-17,20-22H,1,3,9,18-19H2,2,4-7H3/t21-,22-/m0/s1/i1D2,3D,10D. The summed E-state index contributed by atoms with van der Waals surface area (Å²) in [6.07, 6.45) is 3.79. The number of amides is 1. The van der Waals surface area contributed by atoms with Crippen molar-refractivity contribution in [2.24, 2.45) is 0 Å². The third kappa shape index (κ3) is 5.36. The zero-order valence-electron chi connectivity index (χ0n) is 28.9. The maximum atomic E-state index is 14.3. The van der Waals surface area contributed by atoms with E-state index in [1.807, 2.05) is 57.7 Å². The summed E-state index contributed by atoms with van der Waals surface area (Å²) in [6, 6.07) is 9.85. The number of fused-ring (bicyclic) bond motifs is 1. The Morgan fingerprint density at radius 3 is 2.63 bits per heavy atom. The van der Waals surface area contributed by atoms with Crippen molar-refractivity contribution in [3.8, 4) is 16.9 Å².